The van der Waals surface area contributed by atoms with Crippen molar-refractivity contribution in [3.63, 3.8) is 0 Å². The van der Waals surface area contributed by atoms with Gasteiger partial charge in [0.05, 0.1) is 6.61 Å². The molecular formula is C20H22N4O2. The highest BCUT2D eigenvalue weighted by Crippen LogP contribution is 2.27. The summed E-state index contributed by atoms with van der Waals surface area (Å²) in [5.41, 5.74) is 2.63. The van der Waals surface area contributed by atoms with Crippen LogP contribution in [0.25, 0.3) is 5.65 Å². The number of carbonyl (C=O) groups is 1. The number of amides is 1. The molecule has 1 aliphatic rings. The zero-order chi connectivity index (χ0) is 17.9. The number of hydrogen-bond donors (Lipinski definition) is 0. The van der Waals surface area contributed by atoms with Gasteiger partial charge < -0.3 is 9.64 Å². The number of fused-ring (bicyclic) bond motifs is 1. The highest BCUT2D eigenvalue weighted by Gasteiger charge is 2.28. The Hall–Kier alpha value is -2.73. The number of piperidine rings is 1. The van der Waals surface area contributed by atoms with Gasteiger partial charge in [-0.1, -0.05) is 18.2 Å². The summed E-state index contributed by atoms with van der Waals surface area (Å²) >= 11 is 0. The maximum absolute atomic E-state index is 12.9. The van der Waals surface area contributed by atoms with E-state index in [9.17, 15) is 4.79 Å². The summed E-state index contributed by atoms with van der Waals surface area (Å²) in [5.74, 6) is 1.22. The Labute approximate surface area is 152 Å². The number of aromatic nitrogens is 3. The van der Waals surface area contributed by atoms with Gasteiger partial charge in [0.25, 0.3) is 5.91 Å². The Morgan fingerprint density at radius 2 is 2.04 bits per heavy atom. The minimum absolute atomic E-state index is 0.0764. The molecular weight excluding hydrogens is 328 g/mol. The third kappa shape index (κ3) is 3.20. The van der Waals surface area contributed by atoms with Crippen LogP contribution in [0.3, 0.4) is 0 Å². The summed E-state index contributed by atoms with van der Waals surface area (Å²) in [6, 6.07) is 13.5. The summed E-state index contributed by atoms with van der Waals surface area (Å²) in [6.45, 7) is 2.01. The average molecular weight is 350 g/mol. The highest BCUT2D eigenvalue weighted by atomic mass is 16.5. The molecule has 0 aliphatic carbocycles. The molecule has 0 N–H and O–H groups in total. The highest BCUT2D eigenvalue weighted by molar-refractivity contribution is 5.94. The third-order valence-corrected chi connectivity index (χ3v) is 4.93. The summed E-state index contributed by atoms with van der Waals surface area (Å²) in [4.78, 5) is 14.8. The quantitative estimate of drug-likeness (QED) is 0.726. The molecule has 4 rings (SSSR count). The fraction of sp³-hybridized carbons (Fsp3) is 0.350. The van der Waals surface area contributed by atoms with Gasteiger partial charge in [-0.3, -0.25) is 9.20 Å². The maximum atomic E-state index is 12.9. The third-order valence-electron chi connectivity index (χ3n) is 4.93. The van der Waals surface area contributed by atoms with Crippen LogP contribution in [0.15, 0.2) is 48.7 Å². The second-order valence-electron chi connectivity index (χ2n) is 6.71. The minimum atomic E-state index is 0.0764. The second kappa shape index (κ2) is 7.25. The summed E-state index contributed by atoms with van der Waals surface area (Å²) in [7, 11) is 1.67. The van der Waals surface area contributed by atoms with Crippen LogP contribution >= 0.6 is 0 Å². The topological polar surface area (TPSA) is 59.7 Å². The normalized spacial score (nSPS) is 17.6. The van der Waals surface area contributed by atoms with Gasteiger partial charge in [0.1, 0.15) is 5.82 Å². The first-order valence-electron chi connectivity index (χ1n) is 8.93. The lowest BCUT2D eigenvalue weighted by atomic mass is 9.96. The van der Waals surface area contributed by atoms with Gasteiger partial charge >= 0.3 is 0 Å². The molecule has 1 aromatic carbocycles. The van der Waals surface area contributed by atoms with Crippen molar-refractivity contribution in [1.82, 2.24) is 19.5 Å². The van der Waals surface area contributed by atoms with Crippen LogP contribution in [0, 0.1) is 0 Å². The van der Waals surface area contributed by atoms with E-state index in [0.29, 0.717) is 13.2 Å². The van der Waals surface area contributed by atoms with Crippen LogP contribution < -0.4 is 0 Å². The van der Waals surface area contributed by atoms with E-state index in [0.717, 1.165) is 42.0 Å². The molecule has 0 bridgehead atoms. The SMILES string of the molecule is COCc1ccc(C(=O)N2CCCC(c3nnc4ccccn34)C2)cc1. The van der Waals surface area contributed by atoms with Crippen LogP contribution in [-0.4, -0.2) is 45.6 Å². The van der Waals surface area contributed by atoms with Crippen molar-refractivity contribution in [2.24, 2.45) is 0 Å². The molecule has 1 unspecified atom stereocenters. The van der Waals surface area contributed by atoms with Crippen LogP contribution in [0.4, 0.5) is 0 Å². The van der Waals surface area contributed by atoms with Crippen molar-refractivity contribution in [3.8, 4) is 0 Å². The number of rotatable bonds is 4. The Morgan fingerprint density at radius 1 is 1.19 bits per heavy atom. The number of likely N-dealkylation sites (tertiary alicyclic amines) is 1. The molecule has 2 aromatic heterocycles. The van der Waals surface area contributed by atoms with Crippen molar-refractivity contribution in [2.45, 2.75) is 25.4 Å². The lowest BCUT2D eigenvalue weighted by Gasteiger charge is -2.32. The number of ether oxygens (including phenoxy) is 1. The van der Waals surface area contributed by atoms with Gasteiger partial charge in [0, 0.05) is 37.9 Å². The van der Waals surface area contributed by atoms with Gasteiger partial charge in [-0.05, 0) is 42.7 Å². The molecule has 0 spiro atoms. The fourth-order valence-corrected chi connectivity index (χ4v) is 3.60. The Bertz CT molecular complexity index is 904. The molecule has 134 valence electrons. The van der Waals surface area contributed by atoms with E-state index in [4.69, 9.17) is 4.74 Å². The molecule has 1 atom stereocenters. The molecule has 1 saturated heterocycles. The van der Waals surface area contributed by atoms with Crippen LogP contribution in [0.1, 0.15) is 40.5 Å². The number of methoxy groups -OCH3 is 1. The number of hydrogen-bond acceptors (Lipinski definition) is 4. The first-order chi connectivity index (χ1) is 12.8. The molecule has 0 saturated carbocycles. The van der Waals surface area contributed by atoms with Gasteiger partial charge in [0.15, 0.2) is 5.65 Å². The number of nitrogens with zero attached hydrogens (tertiary/aromatic N) is 4. The van der Waals surface area contributed by atoms with Crippen LogP contribution in [0.5, 0.6) is 0 Å². The zero-order valence-corrected chi connectivity index (χ0v) is 14.8. The smallest absolute Gasteiger partial charge is 0.253 e. The molecule has 1 amide bonds. The predicted molar refractivity (Wildman–Crippen MR) is 98.0 cm³/mol. The van der Waals surface area contributed by atoms with Crippen molar-refractivity contribution in [3.05, 3.63) is 65.6 Å². The molecule has 6 heteroatoms. The summed E-state index contributed by atoms with van der Waals surface area (Å²) < 4.78 is 7.15. The first kappa shape index (κ1) is 16.7. The largest absolute Gasteiger partial charge is 0.380 e. The minimum Gasteiger partial charge on any atom is -0.380 e. The van der Waals surface area contributed by atoms with E-state index < -0.39 is 0 Å². The van der Waals surface area contributed by atoms with E-state index in [-0.39, 0.29) is 11.8 Å². The fourth-order valence-electron chi connectivity index (χ4n) is 3.60. The Kier molecular flexibility index (Phi) is 4.67. The van der Waals surface area contributed by atoms with Crippen molar-refractivity contribution < 1.29 is 9.53 Å². The number of benzene rings is 1. The Morgan fingerprint density at radius 3 is 2.85 bits per heavy atom. The maximum Gasteiger partial charge on any atom is 0.253 e. The molecule has 0 radical (unpaired) electrons. The monoisotopic (exact) mass is 350 g/mol. The van der Waals surface area contributed by atoms with Gasteiger partial charge in [-0.25, -0.2) is 0 Å². The zero-order valence-electron chi connectivity index (χ0n) is 14.8. The lowest BCUT2D eigenvalue weighted by Crippen LogP contribution is -2.39. The van der Waals surface area contributed by atoms with Crippen molar-refractivity contribution in [1.29, 1.82) is 0 Å². The molecule has 1 fully saturated rings. The van der Waals surface area contributed by atoms with E-state index in [1.807, 2.05) is 58.0 Å². The molecule has 3 aromatic rings. The van der Waals surface area contributed by atoms with Crippen molar-refractivity contribution in [2.75, 3.05) is 20.2 Å². The predicted octanol–water partition coefficient (Wildman–Crippen LogP) is 2.90. The van der Waals surface area contributed by atoms with Crippen molar-refractivity contribution >= 4 is 11.6 Å². The standard InChI is InChI=1S/C20H22N4O2/c1-26-14-15-7-9-16(10-8-15)20(25)23-11-4-5-17(13-23)19-22-21-18-6-2-3-12-24(18)19/h2-3,6-10,12,17H,4-5,11,13-14H2,1H3. The van der Waals surface area contributed by atoms with E-state index in [1.54, 1.807) is 7.11 Å². The summed E-state index contributed by atoms with van der Waals surface area (Å²) in [6.07, 6.45) is 3.98. The van der Waals surface area contributed by atoms with Gasteiger partial charge in [-0.2, -0.15) is 0 Å². The van der Waals surface area contributed by atoms with E-state index >= 15 is 0 Å². The molecule has 26 heavy (non-hydrogen) atoms. The van der Waals surface area contributed by atoms with Gasteiger partial charge in [-0.15, -0.1) is 10.2 Å². The van der Waals surface area contributed by atoms with Gasteiger partial charge in [0.2, 0.25) is 0 Å². The van der Waals surface area contributed by atoms with Crippen LogP contribution in [-0.2, 0) is 11.3 Å². The average Bonchev–Trinajstić information content (AvgIpc) is 3.13. The summed E-state index contributed by atoms with van der Waals surface area (Å²) in [5, 5.41) is 8.63. The second-order valence-corrected chi connectivity index (χ2v) is 6.71. The first-order valence-corrected chi connectivity index (χ1v) is 8.93. The molecule has 3 heterocycles. The van der Waals surface area contributed by atoms with E-state index in [1.165, 1.54) is 0 Å². The lowest BCUT2D eigenvalue weighted by molar-refractivity contribution is 0.0704. The molecule has 1 aliphatic heterocycles. The Balaban J connectivity index is 1.52. The molecule has 6 nitrogen and oxygen atoms in total. The van der Waals surface area contributed by atoms with E-state index in [2.05, 4.69) is 10.2 Å². The number of pyridine rings is 1. The number of carbonyl (C=O) groups excluding carboxylic acids is 1. The van der Waals surface area contributed by atoms with Crippen LogP contribution in [0.2, 0.25) is 0 Å².